The molecule has 3 rings (SSSR count). The molecule has 1 aliphatic heterocycles. The van der Waals surface area contributed by atoms with E-state index in [4.69, 9.17) is 5.11 Å². The van der Waals surface area contributed by atoms with E-state index in [2.05, 4.69) is 23.0 Å². The van der Waals surface area contributed by atoms with Gasteiger partial charge in [-0.2, -0.15) is 0 Å². The number of carbonyl (C=O) groups is 1. The van der Waals surface area contributed by atoms with Gasteiger partial charge in [-0.25, -0.2) is 0 Å². The first kappa shape index (κ1) is 17.4. The summed E-state index contributed by atoms with van der Waals surface area (Å²) in [4.78, 5) is 17.9. The maximum absolute atomic E-state index is 11.0. The lowest BCUT2D eigenvalue weighted by atomic mass is 9.80. The number of carboxylic acid groups (broad SMARTS) is 1. The summed E-state index contributed by atoms with van der Waals surface area (Å²) in [5.41, 5.74) is 2.72. The van der Waals surface area contributed by atoms with E-state index >= 15 is 0 Å². The Morgan fingerprint density at radius 3 is 2.71 bits per heavy atom. The van der Waals surface area contributed by atoms with Crippen molar-refractivity contribution in [3.8, 4) is 0 Å². The van der Waals surface area contributed by atoms with Crippen molar-refractivity contribution in [3.05, 3.63) is 29.6 Å². The van der Waals surface area contributed by atoms with E-state index in [1.54, 1.807) is 0 Å². The summed E-state index contributed by atoms with van der Waals surface area (Å²) in [6.45, 7) is 1.19. The van der Waals surface area contributed by atoms with E-state index in [1.165, 1.54) is 43.4 Å². The summed E-state index contributed by atoms with van der Waals surface area (Å²) in [5, 5.41) is 9.07. The third-order valence-corrected chi connectivity index (χ3v) is 6.00. The minimum atomic E-state index is -0.603. The van der Waals surface area contributed by atoms with Crippen LogP contribution in [0.4, 0.5) is 0 Å². The Bertz CT molecular complexity index is 552. The molecule has 0 bridgehead atoms. The Morgan fingerprint density at radius 2 is 2.04 bits per heavy atom. The van der Waals surface area contributed by atoms with Crippen molar-refractivity contribution in [2.45, 2.75) is 63.8 Å². The number of pyridine rings is 1. The van der Waals surface area contributed by atoms with Crippen LogP contribution >= 0.6 is 0 Å². The predicted octanol–water partition coefficient (Wildman–Crippen LogP) is 4.06. The molecule has 1 aliphatic carbocycles. The van der Waals surface area contributed by atoms with E-state index in [-0.39, 0.29) is 5.92 Å². The molecule has 24 heavy (non-hydrogen) atoms. The highest BCUT2D eigenvalue weighted by Crippen LogP contribution is 2.33. The molecule has 4 nitrogen and oxygen atoms in total. The van der Waals surface area contributed by atoms with Crippen molar-refractivity contribution in [3.63, 3.8) is 0 Å². The number of aryl methyl sites for hydroxylation is 1. The zero-order chi connectivity index (χ0) is 16.9. The number of hydrogen-bond acceptors (Lipinski definition) is 3. The number of nitrogens with zero attached hydrogens (tertiary/aromatic N) is 2. The Balaban J connectivity index is 1.45. The molecule has 2 heterocycles. The summed E-state index contributed by atoms with van der Waals surface area (Å²) in [7, 11) is 2.21. The monoisotopic (exact) mass is 330 g/mol. The van der Waals surface area contributed by atoms with Gasteiger partial charge in [0.25, 0.3) is 0 Å². The van der Waals surface area contributed by atoms with Crippen LogP contribution in [-0.4, -0.2) is 34.6 Å². The summed E-state index contributed by atoms with van der Waals surface area (Å²) >= 11 is 0. The Labute approximate surface area is 145 Å². The highest BCUT2D eigenvalue weighted by Gasteiger charge is 2.25. The molecular formula is C20H30N2O2. The van der Waals surface area contributed by atoms with Gasteiger partial charge < -0.3 is 5.11 Å². The zero-order valence-corrected chi connectivity index (χ0v) is 14.8. The number of aromatic nitrogens is 1. The number of hydrogen-bond donors (Lipinski definition) is 1. The number of carboxylic acids is 1. The van der Waals surface area contributed by atoms with Crippen LogP contribution in [0.25, 0.3) is 0 Å². The molecule has 1 N–H and O–H groups in total. The normalized spacial score (nSPS) is 28.1. The fourth-order valence-corrected chi connectivity index (χ4v) is 4.45. The third-order valence-electron chi connectivity index (χ3n) is 6.00. The standard InChI is InChI=1S/C20H30N2O2/c1-22-11-3-6-19(22)18-12-16(13-21-14-18)5-2-4-15-7-9-17(10-8-15)20(23)24/h12-15,17,19H,2-11H2,1H3,(H,23,24). The fraction of sp³-hybridized carbons (Fsp3) is 0.700. The van der Waals surface area contributed by atoms with Gasteiger partial charge in [-0.1, -0.05) is 12.5 Å². The van der Waals surface area contributed by atoms with Crippen LogP contribution in [0.15, 0.2) is 18.5 Å². The molecule has 4 heteroatoms. The zero-order valence-electron chi connectivity index (χ0n) is 14.8. The average Bonchev–Trinajstić information content (AvgIpc) is 3.02. The van der Waals surface area contributed by atoms with E-state index in [1.807, 2.05) is 12.4 Å². The molecule has 1 unspecified atom stereocenters. The third kappa shape index (κ3) is 4.35. The lowest BCUT2D eigenvalue weighted by Gasteiger charge is -2.26. The minimum Gasteiger partial charge on any atom is -0.481 e. The molecule has 2 aliphatic rings. The second-order valence-electron chi connectivity index (χ2n) is 7.71. The minimum absolute atomic E-state index is 0.0921. The smallest absolute Gasteiger partial charge is 0.306 e. The SMILES string of the molecule is CN1CCCC1c1cncc(CCCC2CCC(C(=O)O)CC2)c1. The molecule has 1 atom stereocenters. The molecule has 1 aromatic rings. The van der Waals surface area contributed by atoms with Crippen molar-refractivity contribution >= 4 is 5.97 Å². The fourth-order valence-electron chi connectivity index (χ4n) is 4.45. The topological polar surface area (TPSA) is 53.4 Å². The number of aliphatic carboxylic acids is 1. The largest absolute Gasteiger partial charge is 0.481 e. The molecule has 0 radical (unpaired) electrons. The Hall–Kier alpha value is -1.42. The van der Waals surface area contributed by atoms with Gasteiger partial charge in [0.2, 0.25) is 0 Å². The van der Waals surface area contributed by atoms with Crippen molar-refractivity contribution in [2.75, 3.05) is 13.6 Å². The Morgan fingerprint density at radius 1 is 1.25 bits per heavy atom. The van der Waals surface area contributed by atoms with Crippen molar-refractivity contribution in [2.24, 2.45) is 11.8 Å². The molecule has 0 amide bonds. The second-order valence-corrected chi connectivity index (χ2v) is 7.71. The van der Waals surface area contributed by atoms with Gasteiger partial charge in [-0.3, -0.25) is 14.7 Å². The summed E-state index contributed by atoms with van der Waals surface area (Å²) < 4.78 is 0. The predicted molar refractivity (Wildman–Crippen MR) is 94.9 cm³/mol. The van der Waals surface area contributed by atoms with Gasteiger partial charge in [0.15, 0.2) is 0 Å². The Kier molecular flexibility index (Phi) is 5.88. The molecule has 0 spiro atoms. The maximum Gasteiger partial charge on any atom is 0.306 e. The maximum atomic E-state index is 11.0. The van der Waals surface area contributed by atoms with Crippen LogP contribution in [0.3, 0.4) is 0 Å². The first-order chi connectivity index (χ1) is 11.6. The van der Waals surface area contributed by atoms with Crippen LogP contribution in [0.5, 0.6) is 0 Å². The summed E-state index contributed by atoms with van der Waals surface area (Å²) in [6.07, 6.45) is 14.0. The second kappa shape index (κ2) is 8.11. The number of likely N-dealkylation sites (tertiary alicyclic amines) is 1. The molecule has 1 saturated carbocycles. The van der Waals surface area contributed by atoms with Crippen LogP contribution in [0, 0.1) is 11.8 Å². The van der Waals surface area contributed by atoms with Gasteiger partial charge in [0.05, 0.1) is 5.92 Å². The molecule has 132 valence electrons. The van der Waals surface area contributed by atoms with Crippen LogP contribution in [-0.2, 0) is 11.2 Å². The van der Waals surface area contributed by atoms with Gasteiger partial charge in [0.1, 0.15) is 0 Å². The quantitative estimate of drug-likeness (QED) is 0.854. The van der Waals surface area contributed by atoms with Crippen molar-refractivity contribution in [1.29, 1.82) is 0 Å². The van der Waals surface area contributed by atoms with Crippen molar-refractivity contribution in [1.82, 2.24) is 9.88 Å². The summed E-state index contributed by atoms with van der Waals surface area (Å²) in [6, 6.07) is 2.89. The first-order valence-electron chi connectivity index (χ1n) is 9.50. The molecule has 0 aromatic carbocycles. The van der Waals surface area contributed by atoms with Crippen molar-refractivity contribution < 1.29 is 9.90 Å². The van der Waals surface area contributed by atoms with E-state index in [0.29, 0.717) is 6.04 Å². The van der Waals surface area contributed by atoms with Gasteiger partial charge in [-0.15, -0.1) is 0 Å². The number of rotatable bonds is 6. The molecule has 1 aromatic heterocycles. The lowest BCUT2D eigenvalue weighted by Crippen LogP contribution is -2.21. The highest BCUT2D eigenvalue weighted by molar-refractivity contribution is 5.69. The molecular weight excluding hydrogens is 300 g/mol. The lowest BCUT2D eigenvalue weighted by molar-refractivity contribution is -0.143. The highest BCUT2D eigenvalue weighted by atomic mass is 16.4. The van der Waals surface area contributed by atoms with Gasteiger partial charge in [-0.05, 0) is 82.0 Å². The first-order valence-corrected chi connectivity index (χ1v) is 9.50. The van der Waals surface area contributed by atoms with Gasteiger partial charge >= 0.3 is 5.97 Å². The average molecular weight is 330 g/mol. The molecule has 1 saturated heterocycles. The molecule has 2 fully saturated rings. The van der Waals surface area contributed by atoms with Crippen LogP contribution in [0.1, 0.15) is 68.5 Å². The van der Waals surface area contributed by atoms with Crippen LogP contribution in [0.2, 0.25) is 0 Å². The summed E-state index contributed by atoms with van der Waals surface area (Å²) in [5.74, 6) is 0.0245. The van der Waals surface area contributed by atoms with Crippen LogP contribution < -0.4 is 0 Å². The van der Waals surface area contributed by atoms with E-state index < -0.39 is 5.97 Å². The van der Waals surface area contributed by atoms with Gasteiger partial charge in [0, 0.05) is 18.4 Å². The van der Waals surface area contributed by atoms with E-state index in [9.17, 15) is 4.79 Å². The van der Waals surface area contributed by atoms with E-state index in [0.717, 1.165) is 38.0 Å².